The highest BCUT2D eigenvalue weighted by atomic mass is 32.2. The van der Waals surface area contributed by atoms with Crippen molar-refractivity contribution >= 4 is 35.4 Å². The van der Waals surface area contributed by atoms with Crippen molar-refractivity contribution in [3.05, 3.63) is 9.93 Å². The number of hydrogen-bond donors (Lipinski definition) is 2. The molecule has 0 aromatic heterocycles. The highest BCUT2D eigenvalue weighted by Gasteiger charge is 2.60. The molecular weight excluding hydrogens is 274 g/mol. The van der Waals surface area contributed by atoms with Crippen LogP contribution in [0.25, 0.3) is 0 Å². The molecule has 5 nitrogen and oxygen atoms in total. The zero-order chi connectivity index (χ0) is 13.7. The lowest BCUT2D eigenvalue weighted by molar-refractivity contribution is -0.163. The zero-order valence-corrected chi connectivity index (χ0v) is 12.0. The van der Waals surface area contributed by atoms with Crippen molar-refractivity contribution in [2.24, 2.45) is 5.92 Å². The summed E-state index contributed by atoms with van der Waals surface area (Å²) >= 11 is 2.79. The average Bonchev–Trinajstić information content (AvgIpc) is 2.51. The monoisotopic (exact) mass is 289 g/mol. The van der Waals surface area contributed by atoms with Gasteiger partial charge in [-0.2, -0.15) is 0 Å². The van der Waals surface area contributed by atoms with Crippen LogP contribution < -0.4 is 0 Å². The van der Waals surface area contributed by atoms with Crippen LogP contribution in [0, 0.1) is 5.92 Å². The number of carboxylic acids is 1. The third-order valence-electron chi connectivity index (χ3n) is 2.94. The van der Waals surface area contributed by atoms with E-state index in [2.05, 4.69) is 0 Å². The van der Waals surface area contributed by atoms with Gasteiger partial charge in [-0.3, -0.25) is 9.69 Å². The molecule has 1 saturated heterocycles. The van der Waals surface area contributed by atoms with E-state index in [-0.39, 0.29) is 17.0 Å². The molecule has 0 saturated carbocycles. The number of rotatable bonds is 4. The Labute approximate surface area is 114 Å². The Morgan fingerprint density at radius 3 is 2.61 bits per heavy atom. The van der Waals surface area contributed by atoms with Crippen molar-refractivity contribution in [2.75, 3.05) is 5.75 Å². The molecule has 0 aromatic carbocycles. The molecule has 0 spiro atoms. The Bertz CT molecular complexity index is 441. The number of carboxylic acid groups (broad SMARTS) is 1. The van der Waals surface area contributed by atoms with Crippen molar-refractivity contribution in [1.82, 2.24) is 4.90 Å². The van der Waals surface area contributed by atoms with Crippen molar-refractivity contribution in [3.8, 4) is 0 Å². The Hall–Kier alpha value is -0.660. The molecule has 0 aromatic rings. The lowest BCUT2D eigenvalue weighted by Gasteiger charge is -2.47. The molecule has 0 aliphatic carbocycles. The fourth-order valence-corrected chi connectivity index (χ4v) is 5.08. The maximum absolute atomic E-state index is 12.0. The normalized spacial score (nSPS) is 27.3. The van der Waals surface area contributed by atoms with E-state index in [1.165, 1.54) is 28.4 Å². The number of thioether (sulfide) groups is 2. The molecule has 7 heteroatoms. The van der Waals surface area contributed by atoms with Crippen LogP contribution in [-0.2, 0) is 9.59 Å². The number of amides is 1. The molecule has 2 heterocycles. The summed E-state index contributed by atoms with van der Waals surface area (Å²) in [5, 5.41) is 18.9. The molecule has 0 bridgehead atoms. The van der Waals surface area contributed by atoms with Gasteiger partial charge < -0.3 is 10.2 Å². The van der Waals surface area contributed by atoms with E-state index in [4.69, 9.17) is 0 Å². The fourth-order valence-electron chi connectivity index (χ4n) is 2.16. The van der Waals surface area contributed by atoms with Gasteiger partial charge in [0.05, 0.1) is 15.8 Å². The van der Waals surface area contributed by atoms with Crippen LogP contribution in [-0.4, -0.2) is 43.7 Å². The Balaban J connectivity index is 2.29. The van der Waals surface area contributed by atoms with Crippen molar-refractivity contribution in [3.63, 3.8) is 0 Å². The largest absolute Gasteiger partial charge is 0.477 e. The van der Waals surface area contributed by atoms with Gasteiger partial charge in [-0.25, -0.2) is 4.79 Å². The van der Waals surface area contributed by atoms with Gasteiger partial charge in [0.15, 0.2) is 5.70 Å². The fraction of sp³-hybridized carbons (Fsp3) is 0.636. The highest BCUT2D eigenvalue weighted by Crippen LogP contribution is 2.55. The Morgan fingerprint density at radius 1 is 1.56 bits per heavy atom. The standard InChI is InChI=1S/C11H15NO4S2/c1-4-17-10-6(9(14)15)12-7(13)5(8(12)18-10)11(2,3)16/h5,8,16H,4H2,1-3H3,(H,14,15)/t5?,8-/m0/s1. The van der Waals surface area contributed by atoms with E-state index >= 15 is 0 Å². The first kappa shape index (κ1) is 13.8. The number of hydrogen-bond acceptors (Lipinski definition) is 5. The Kier molecular flexibility index (Phi) is 3.42. The lowest BCUT2D eigenvalue weighted by atomic mass is 9.83. The SMILES string of the molecule is CCSC1=C(C(=O)O)N2C(=O)C(C(C)(C)O)[C@@H]2S1. The maximum atomic E-state index is 12.0. The predicted molar refractivity (Wildman–Crippen MR) is 70.8 cm³/mol. The van der Waals surface area contributed by atoms with Gasteiger partial charge in [0, 0.05) is 0 Å². The molecule has 2 N–H and O–H groups in total. The van der Waals surface area contributed by atoms with E-state index in [0.717, 1.165) is 5.75 Å². The summed E-state index contributed by atoms with van der Waals surface area (Å²) in [6, 6.07) is 0. The first-order chi connectivity index (χ1) is 8.29. The van der Waals surface area contributed by atoms with Gasteiger partial charge in [0.25, 0.3) is 0 Å². The predicted octanol–water partition coefficient (Wildman–Crippen LogP) is 1.30. The minimum Gasteiger partial charge on any atom is -0.477 e. The minimum atomic E-state index is -1.12. The quantitative estimate of drug-likeness (QED) is 0.760. The summed E-state index contributed by atoms with van der Waals surface area (Å²) < 4.78 is 0.662. The first-order valence-electron chi connectivity index (χ1n) is 5.61. The smallest absolute Gasteiger partial charge is 0.354 e. The first-order valence-corrected chi connectivity index (χ1v) is 7.48. The summed E-state index contributed by atoms with van der Waals surface area (Å²) in [5.74, 6) is -1.17. The molecule has 1 amide bonds. The molecule has 1 unspecified atom stereocenters. The van der Waals surface area contributed by atoms with Crippen LogP contribution in [0.4, 0.5) is 0 Å². The molecule has 2 rings (SSSR count). The minimum absolute atomic E-state index is 0.0716. The summed E-state index contributed by atoms with van der Waals surface area (Å²) in [6.45, 7) is 5.10. The van der Waals surface area contributed by atoms with Crippen LogP contribution in [0.2, 0.25) is 0 Å². The molecule has 0 radical (unpaired) electrons. The second-order valence-corrected chi connectivity index (χ2v) is 7.38. The van der Waals surface area contributed by atoms with Crippen LogP contribution in [0.15, 0.2) is 9.93 Å². The summed E-state index contributed by atoms with van der Waals surface area (Å²) in [4.78, 5) is 24.5. The number of β-lactam (4-membered cyclic amide) rings is 1. The van der Waals surface area contributed by atoms with Gasteiger partial charge in [-0.05, 0) is 19.6 Å². The van der Waals surface area contributed by atoms with Crippen LogP contribution in [0.5, 0.6) is 0 Å². The second kappa shape index (κ2) is 4.47. The number of carbonyl (C=O) groups is 2. The van der Waals surface area contributed by atoms with E-state index in [1.54, 1.807) is 13.8 Å². The van der Waals surface area contributed by atoms with Gasteiger partial charge in [-0.15, -0.1) is 11.8 Å². The van der Waals surface area contributed by atoms with Crippen LogP contribution in [0.1, 0.15) is 20.8 Å². The summed E-state index contributed by atoms with van der Waals surface area (Å²) in [5.41, 5.74) is -1.05. The maximum Gasteiger partial charge on any atom is 0.354 e. The molecule has 18 heavy (non-hydrogen) atoms. The number of nitrogens with zero attached hydrogens (tertiary/aromatic N) is 1. The van der Waals surface area contributed by atoms with Crippen molar-refractivity contribution in [2.45, 2.75) is 31.7 Å². The lowest BCUT2D eigenvalue weighted by Crippen LogP contribution is -2.64. The number of carbonyl (C=O) groups excluding carboxylic acids is 1. The summed E-state index contributed by atoms with van der Waals surface area (Å²) in [7, 11) is 0. The Morgan fingerprint density at radius 2 is 2.17 bits per heavy atom. The molecule has 2 aliphatic heterocycles. The van der Waals surface area contributed by atoms with Crippen LogP contribution in [0.3, 0.4) is 0 Å². The van der Waals surface area contributed by atoms with Gasteiger partial charge in [-0.1, -0.05) is 18.7 Å². The van der Waals surface area contributed by atoms with Gasteiger partial charge >= 0.3 is 5.97 Å². The third-order valence-corrected chi connectivity index (χ3v) is 5.46. The number of aliphatic carboxylic acids is 1. The average molecular weight is 289 g/mol. The van der Waals surface area contributed by atoms with E-state index < -0.39 is 17.5 Å². The van der Waals surface area contributed by atoms with Gasteiger partial charge in [0.2, 0.25) is 5.91 Å². The van der Waals surface area contributed by atoms with E-state index in [0.29, 0.717) is 4.24 Å². The third kappa shape index (κ3) is 1.94. The van der Waals surface area contributed by atoms with Gasteiger partial charge in [0.1, 0.15) is 5.37 Å². The number of aliphatic hydroxyl groups is 1. The topological polar surface area (TPSA) is 77.8 Å². The van der Waals surface area contributed by atoms with Crippen molar-refractivity contribution < 1.29 is 19.8 Å². The number of fused-ring (bicyclic) bond motifs is 1. The van der Waals surface area contributed by atoms with E-state index in [1.807, 2.05) is 6.92 Å². The molecular formula is C11H15NO4S2. The second-order valence-electron chi connectivity index (χ2n) is 4.72. The van der Waals surface area contributed by atoms with Crippen LogP contribution >= 0.6 is 23.5 Å². The molecule has 1 fully saturated rings. The molecule has 100 valence electrons. The van der Waals surface area contributed by atoms with Crippen molar-refractivity contribution in [1.29, 1.82) is 0 Å². The highest BCUT2D eigenvalue weighted by molar-refractivity contribution is 8.22. The zero-order valence-electron chi connectivity index (χ0n) is 10.3. The van der Waals surface area contributed by atoms with E-state index in [9.17, 15) is 19.8 Å². The molecule has 2 atom stereocenters. The molecule has 2 aliphatic rings. The summed E-state index contributed by atoms with van der Waals surface area (Å²) in [6.07, 6.45) is 0.